The summed E-state index contributed by atoms with van der Waals surface area (Å²) in [4.78, 5) is 0. The zero-order valence-electron chi connectivity index (χ0n) is 16.0. The molecule has 0 radical (unpaired) electrons. The van der Waals surface area contributed by atoms with E-state index < -0.39 is 0 Å². The van der Waals surface area contributed by atoms with Crippen LogP contribution in [0.25, 0.3) is 22.4 Å². The second-order valence-electron chi connectivity index (χ2n) is 6.95. The molecule has 0 saturated carbocycles. The summed E-state index contributed by atoms with van der Waals surface area (Å²) in [5.74, 6) is 1.41. The molecule has 4 nitrogen and oxygen atoms in total. The van der Waals surface area contributed by atoms with E-state index in [1.54, 1.807) is 14.2 Å². The van der Waals surface area contributed by atoms with Crippen LogP contribution in [0.5, 0.6) is 11.5 Å². The molecule has 1 aliphatic rings. The van der Waals surface area contributed by atoms with Gasteiger partial charge in [0.25, 0.3) is 0 Å². The van der Waals surface area contributed by atoms with Gasteiger partial charge >= 0.3 is 0 Å². The SMILES string of the molecule is COc1cc2c(cc1OC)-c1c(C#N)c(-c3ccccc3)c(C)n1C(C)C2. The third kappa shape index (κ3) is 2.50. The number of nitriles is 1. The van der Waals surface area contributed by atoms with Gasteiger partial charge in [-0.1, -0.05) is 30.3 Å². The minimum Gasteiger partial charge on any atom is -0.493 e. The molecule has 4 heteroatoms. The van der Waals surface area contributed by atoms with Crippen LogP contribution in [-0.4, -0.2) is 18.8 Å². The Morgan fingerprint density at radius 3 is 2.37 bits per heavy atom. The molecule has 1 aliphatic heterocycles. The Hall–Kier alpha value is -3.19. The van der Waals surface area contributed by atoms with E-state index >= 15 is 0 Å². The van der Waals surface area contributed by atoms with Crippen LogP contribution in [-0.2, 0) is 6.42 Å². The Kier molecular flexibility index (Phi) is 4.16. The van der Waals surface area contributed by atoms with E-state index in [4.69, 9.17) is 9.47 Å². The monoisotopic (exact) mass is 358 g/mol. The molecule has 3 aromatic rings. The first-order chi connectivity index (χ1) is 13.1. The number of hydrogen-bond acceptors (Lipinski definition) is 3. The van der Waals surface area contributed by atoms with Gasteiger partial charge in [-0.05, 0) is 43.5 Å². The third-order valence-corrected chi connectivity index (χ3v) is 5.45. The van der Waals surface area contributed by atoms with Gasteiger partial charge in [0.2, 0.25) is 0 Å². The van der Waals surface area contributed by atoms with E-state index in [0.29, 0.717) is 5.75 Å². The first-order valence-electron chi connectivity index (χ1n) is 9.06. The number of ether oxygens (including phenoxy) is 2. The van der Waals surface area contributed by atoms with Gasteiger partial charge in [0.15, 0.2) is 11.5 Å². The van der Waals surface area contributed by atoms with Crippen LogP contribution in [0.1, 0.15) is 29.8 Å². The van der Waals surface area contributed by atoms with Crippen molar-refractivity contribution in [2.75, 3.05) is 14.2 Å². The molecule has 2 aromatic carbocycles. The highest BCUT2D eigenvalue weighted by atomic mass is 16.5. The number of benzene rings is 2. The first kappa shape index (κ1) is 17.2. The molecule has 27 heavy (non-hydrogen) atoms. The lowest BCUT2D eigenvalue weighted by atomic mass is 9.91. The summed E-state index contributed by atoms with van der Waals surface area (Å²) >= 11 is 0. The fourth-order valence-electron chi connectivity index (χ4n) is 4.31. The van der Waals surface area contributed by atoms with Crippen molar-refractivity contribution >= 4 is 0 Å². The first-order valence-corrected chi connectivity index (χ1v) is 9.06. The van der Waals surface area contributed by atoms with Gasteiger partial charge in [0.05, 0.1) is 25.5 Å². The number of nitrogens with zero attached hydrogens (tertiary/aromatic N) is 2. The molecular weight excluding hydrogens is 336 g/mol. The van der Waals surface area contributed by atoms with E-state index in [-0.39, 0.29) is 6.04 Å². The van der Waals surface area contributed by atoms with Crippen molar-refractivity contribution in [3.05, 3.63) is 59.3 Å². The van der Waals surface area contributed by atoms with Crippen molar-refractivity contribution in [2.24, 2.45) is 0 Å². The maximum Gasteiger partial charge on any atom is 0.161 e. The van der Waals surface area contributed by atoms with E-state index in [9.17, 15) is 5.26 Å². The predicted molar refractivity (Wildman–Crippen MR) is 106 cm³/mol. The Labute approximate surface area is 159 Å². The standard InChI is InChI=1S/C23H22N2O2/c1-14-10-17-11-20(26-3)21(27-4)12-18(17)23-19(13-24)22(15(2)25(14)23)16-8-6-5-7-9-16/h5-9,11-12,14H,10H2,1-4H3. The van der Waals surface area contributed by atoms with Crippen LogP contribution >= 0.6 is 0 Å². The van der Waals surface area contributed by atoms with Crippen molar-refractivity contribution < 1.29 is 9.47 Å². The van der Waals surface area contributed by atoms with E-state index in [0.717, 1.165) is 45.8 Å². The van der Waals surface area contributed by atoms with Crippen LogP contribution < -0.4 is 9.47 Å². The molecule has 1 unspecified atom stereocenters. The van der Waals surface area contributed by atoms with E-state index in [1.165, 1.54) is 5.56 Å². The molecule has 0 aliphatic carbocycles. The number of hydrogen-bond donors (Lipinski definition) is 0. The largest absolute Gasteiger partial charge is 0.493 e. The highest BCUT2D eigenvalue weighted by Crippen LogP contribution is 2.47. The molecule has 4 rings (SSSR count). The van der Waals surface area contributed by atoms with Crippen molar-refractivity contribution in [2.45, 2.75) is 26.3 Å². The molecule has 0 amide bonds. The lowest BCUT2D eigenvalue weighted by molar-refractivity contribution is 0.354. The molecule has 136 valence electrons. The fourth-order valence-corrected chi connectivity index (χ4v) is 4.31. The minimum absolute atomic E-state index is 0.259. The molecule has 0 N–H and O–H groups in total. The average Bonchev–Trinajstić information content (AvgIpc) is 3.00. The highest BCUT2D eigenvalue weighted by Gasteiger charge is 2.31. The van der Waals surface area contributed by atoms with Crippen molar-refractivity contribution in [1.29, 1.82) is 5.26 Å². The van der Waals surface area contributed by atoms with Crippen LogP contribution in [0.3, 0.4) is 0 Å². The average molecular weight is 358 g/mol. The Morgan fingerprint density at radius 1 is 1.07 bits per heavy atom. The molecule has 0 bridgehead atoms. The molecular formula is C23H22N2O2. The zero-order chi connectivity index (χ0) is 19.1. The van der Waals surface area contributed by atoms with Crippen LogP contribution in [0.15, 0.2) is 42.5 Å². The topological polar surface area (TPSA) is 47.2 Å². The maximum atomic E-state index is 10.1. The normalized spacial score (nSPS) is 14.9. The zero-order valence-corrected chi connectivity index (χ0v) is 16.0. The number of methoxy groups -OCH3 is 2. The quantitative estimate of drug-likeness (QED) is 0.651. The van der Waals surface area contributed by atoms with Crippen LogP contribution in [0.2, 0.25) is 0 Å². The van der Waals surface area contributed by atoms with Gasteiger partial charge in [-0.25, -0.2) is 0 Å². The molecule has 1 atom stereocenters. The molecule has 1 aromatic heterocycles. The summed E-state index contributed by atoms with van der Waals surface area (Å²) in [7, 11) is 3.29. The van der Waals surface area contributed by atoms with Crippen LogP contribution in [0, 0.1) is 18.3 Å². The summed E-state index contributed by atoms with van der Waals surface area (Å²) in [5, 5.41) is 10.1. The lowest BCUT2D eigenvalue weighted by Crippen LogP contribution is -2.17. The summed E-state index contributed by atoms with van der Waals surface area (Å²) in [6.07, 6.45) is 0.886. The lowest BCUT2D eigenvalue weighted by Gasteiger charge is -2.28. The third-order valence-electron chi connectivity index (χ3n) is 5.45. The summed E-state index contributed by atoms with van der Waals surface area (Å²) in [6.45, 7) is 4.31. The summed E-state index contributed by atoms with van der Waals surface area (Å²) in [5.41, 5.74) is 7.14. The fraction of sp³-hybridized carbons (Fsp3) is 0.261. The Balaban J connectivity index is 2.06. The smallest absolute Gasteiger partial charge is 0.161 e. The van der Waals surface area contributed by atoms with E-state index in [1.807, 2.05) is 30.3 Å². The predicted octanol–water partition coefficient (Wildman–Crippen LogP) is 5.14. The molecule has 2 heterocycles. The molecule has 0 spiro atoms. The summed E-state index contributed by atoms with van der Waals surface area (Å²) < 4.78 is 13.3. The summed E-state index contributed by atoms with van der Waals surface area (Å²) in [6, 6.07) is 16.9. The van der Waals surface area contributed by atoms with Crippen LogP contribution in [0.4, 0.5) is 0 Å². The minimum atomic E-state index is 0.259. The van der Waals surface area contributed by atoms with Gasteiger partial charge in [-0.3, -0.25) is 0 Å². The van der Waals surface area contributed by atoms with Gasteiger partial charge in [-0.2, -0.15) is 5.26 Å². The Bertz CT molecular complexity index is 1060. The van der Waals surface area contributed by atoms with Gasteiger partial charge < -0.3 is 14.0 Å². The Morgan fingerprint density at radius 2 is 1.74 bits per heavy atom. The van der Waals surface area contributed by atoms with Crippen molar-refractivity contribution in [3.8, 4) is 40.0 Å². The van der Waals surface area contributed by atoms with Gasteiger partial charge in [-0.15, -0.1) is 0 Å². The van der Waals surface area contributed by atoms with Crippen molar-refractivity contribution in [1.82, 2.24) is 4.57 Å². The second kappa shape index (κ2) is 6.51. The number of aromatic nitrogens is 1. The number of fused-ring (bicyclic) bond motifs is 3. The number of rotatable bonds is 3. The molecule has 0 saturated heterocycles. The molecule has 0 fully saturated rings. The van der Waals surface area contributed by atoms with E-state index in [2.05, 4.69) is 36.6 Å². The van der Waals surface area contributed by atoms with Crippen molar-refractivity contribution in [3.63, 3.8) is 0 Å². The van der Waals surface area contributed by atoms with Gasteiger partial charge in [0.1, 0.15) is 6.07 Å². The van der Waals surface area contributed by atoms with Gasteiger partial charge in [0, 0.05) is 22.9 Å². The highest BCUT2D eigenvalue weighted by molar-refractivity contribution is 5.86. The second-order valence-corrected chi connectivity index (χ2v) is 6.95. The maximum absolute atomic E-state index is 10.1.